The molecule has 0 aromatic rings. The Bertz CT molecular complexity index is 392. The molecule has 0 spiro atoms. The number of hydrogen-bond acceptors (Lipinski definition) is 3. The summed E-state index contributed by atoms with van der Waals surface area (Å²) in [6, 6.07) is 0. The van der Waals surface area contributed by atoms with Gasteiger partial charge in [-0.2, -0.15) is 0 Å². The summed E-state index contributed by atoms with van der Waals surface area (Å²) in [5, 5.41) is 0. The van der Waals surface area contributed by atoms with Crippen LogP contribution in [0.1, 0.15) is 19.8 Å². The van der Waals surface area contributed by atoms with Crippen LogP contribution in [0.5, 0.6) is 0 Å². The van der Waals surface area contributed by atoms with E-state index in [2.05, 4.69) is 0 Å². The molecule has 3 nitrogen and oxygen atoms in total. The van der Waals surface area contributed by atoms with Crippen molar-refractivity contribution in [1.29, 1.82) is 0 Å². The summed E-state index contributed by atoms with van der Waals surface area (Å²) < 4.78 is 22.7. The van der Waals surface area contributed by atoms with E-state index in [1.807, 2.05) is 6.92 Å². The van der Waals surface area contributed by atoms with Gasteiger partial charge in [-0.1, -0.05) is 11.1 Å². The van der Waals surface area contributed by atoms with E-state index < -0.39 is 9.84 Å². The normalized spacial score (nSPS) is 33.8. The Kier molecular flexibility index (Phi) is 2.26. The van der Waals surface area contributed by atoms with Crippen LogP contribution in [0.2, 0.25) is 0 Å². The van der Waals surface area contributed by atoms with E-state index in [4.69, 9.17) is 0 Å². The third kappa shape index (κ3) is 1.41. The van der Waals surface area contributed by atoms with Gasteiger partial charge in [0.2, 0.25) is 0 Å². The first-order chi connectivity index (χ1) is 6.55. The minimum absolute atomic E-state index is 0.236. The number of allylic oxidation sites excluding steroid dienone is 2. The fourth-order valence-electron chi connectivity index (χ4n) is 2.65. The molecule has 78 valence electrons. The lowest BCUT2D eigenvalue weighted by atomic mass is 9.69. The van der Waals surface area contributed by atoms with Crippen LogP contribution in [0.25, 0.3) is 0 Å². The van der Waals surface area contributed by atoms with E-state index in [9.17, 15) is 13.2 Å². The van der Waals surface area contributed by atoms with Crippen molar-refractivity contribution in [2.45, 2.75) is 19.8 Å². The second-order valence-corrected chi connectivity index (χ2v) is 6.36. The van der Waals surface area contributed by atoms with Gasteiger partial charge in [0.05, 0.1) is 11.5 Å². The highest BCUT2D eigenvalue weighted by Crippen LogP contribution is 2.48. The van der Waals surface area contributed by atoms with E-state index in [0.717, 1.165) is 12.7 Å². The topological polar surface area (TPSA) is 51.2 Å². The molecule has 1 heterocycles. The maximum atomic E-state index is 11.4. The molecule has 0 N–H and O–H groups in total. The fourth-order valence-corrected chi connectivity index (χ4v) is 4.80. The first-order valence-corrected chi connectivity index (χ1v) is 6.71. The molecule has 2 unspecified atom stereocenters. The van der Waals surface area contributed by atoms with Crippen molar-refractivity contribution in [2.75, 3.05) is 11.5 Å². The molecule has 1 saturated heterocycles. The fraction of sp³-hybridized carbons (Fsp3) is 0.700. The lowest BCUT2D eigenvalue weighted by molar-refractivity contribution is -0.107. The molecule has 1 aliphatic heterocycles. The van der Waals surface area contributed by atoms with Crippen molar-refractivity contribution in [3.05, 3.63) is 11.1 Å². The van der Waals surface area contributed by atoms with Crippen molar-refractivity contribution >= 4 is 16.1 Å². The van der Waals surface area contributed by atoms with Crippen molar-refractivity contribution < 1.29 is 13.2 Å². The highest BCUT2D eigenvalue weighted by atomic mass is 32.2. The van der Waals surface area contributed by atoms with Crippen molar-refractivity contribution in [3.63, 3.8) is 0 Å². The van der Waals surface area contributed by atoms with Gasteiger partial charge in [-0.3, -0.25) is 0 Å². The molecule has 0 aromatic heterocycles. The smallest absolute Gasteiger partial charge is 0.151 e. The van der Waals surface area contributed by atoms with Crippen LogP contribution in [0.3, 0.4) is 0 Å². The molecule has 2 rings (SSSR count). The molecule has 0 saturated carbocycles. The molecule has 0 bridgehead atoms. The van der Waals surface area contributed by atoms with E-state index in [1.54, 1.807) is 0 Å². The third-order valence-corrected chi connectivity index (χ3v) is 5.13. The summed E-state index contributed by atoms with van der Waals surface area (Å²) in [5.41, 5.74) is 2.45. The monoisotopic (exact) mass is 214 g/mol. The zero-order valence-electron chi connectivity index (χ0n) is 8.19. The largest absolute Gasteiger partial charge is 0.303 e. The molecule has 2 aliphatic rings. The number of carbonyl (C=O) groups excluding carboxylic acids is 1. The molecule has 2 atom stereocenters. The zero-order valence-corrected chi connectivity index (χ0v) is 9.01. The summed E-state index contributed by atoms with van der Waals surface area (Å²) in [6.45, 7) is 2.00. The number of aldehydes is 1. The standard InChI is InChI=1S/C10H14O3S/c1-7-8(3-2-4-11)10-6-14(12,13)5-9(7)10/h4,9-10H,2-3,5-6H2,1H3. The molecule has 4 heteroatoms. The molecule has 1 aliphatic carbocycles. The number of rotatable bonds is 3. The van der Waals surface area contributed by atoms with Gasteiger partial charge in [0.15, 0.2) is 9.84 Å². The number of carbonyl (C=O) groups is 1. The van der Waals surface area contributed by atoms with E-state index in [0.29, 0.717) is 17.9 Å². The molecular formula is C10H14O3S. The van der Waals surface area contributed by atoms with E-state index in [1.165, 1.54) is 11.1 Å². The molecular weight excluding hydrogens is 200 g/mol. The Balaban J connectivity index is 2.12. The summed E-state index contributed by atoms with van der Waals surface area (Å²) in [6.07, 6.45) is 2.18. The maximum absolute atomic E-state index is 11.4. The maximum Gasteiger partial charge on any atom is 0.151 e. The molecule has 1 fully saturated rings. The second kappa shape index (κ2) is 3.19. The number of sulfone groups is 1. The van der Waals surface area contributed by atoms with E-state index in [-0.39, 0.29) is 11.8 Å². The summed E-state index contributed by atoms with van der Waals surface area (Å²) in [4.78, 5) is 10.2. The van der Waals surface area contributed by atoms with Crippen LogP contribution in [0.4, 0.5) is 0 Å². The van der Waals surface area contributed by atoms with Crippen LogP contribution in [0.15, 0.2) is 11.1 Å². The van der Waals surface area contributed by atoms with Gasteiger partial charge in [-0.25, -0.2) is 8.42 Å². The quantitative estimate of drug-likeness (QED) is 0.519. The minimum Gasteiger partial charge on any atom is -0.303 e. The average molecular weight is 214 g/mol. The van der Waals surface area contributed by atoms with Crippen molar-refractivity contribution in [2.24, 2.45) is 11.8 Å². The van der Waals surface area contributed by atoms with Gasteiger partial charge in [0.25, 0.3) is 0 Å². The lowest BCUT2D eigenvalue weighted by Crippen LogP contribution is -2.28. The highest BCUT2D eigenvalue weighted by molar-refractivity contribution is 7.91. The lowest BCUT2D eigenvalue weighted by Gasteiger charge is -2.34. The predicted octanol–water partition coefficient (Wildman–Crippen LogP) is 0.956. The molecule has 0 amide bonds. The van der Waals surface area contributed by atoms with Gasteiger partial charge < -0.3 is 4.79 Å². The number of hydrogen-bond donors (Lipinski definition) is 0. The summed E-state index contributed by atoms with van der Waals surface area (Å²) >= 11 is 0. The van der Waals surface area contributed by atoms with Crippen LogP contribution < -0.4 is 0 Å². The van der Waals surface area contributed by atoms with Crippen LogP contribution in [-0.4, -0.2) is 26.2 Å². The third-order valence-electron chi connectivity index (χ3n) is 3.39. The zero-order chi connectivity index (χ0) is 10.3. The SMILES string of the molecule is CC1=C(CCC=O)C2CS(=O)(=O)CC12. The summed E-state index contributed by atoms with van der Waals surface area (Å²) in [5.74, 6) is 1.14. The highest BCUT2D eigenvalue weighted by Gasteiger charge is 2.47. The van der Waals surface area contributed by atoms with Gasteiger partial charge in [0, 0.05) is 18.3 Å². The first-order valence-electron chi connectivity index (χ1n) is 4.89. The molecule has 0 aromatic carbocycles. The second-order valence-electron chi connectivity index (χ2n) is 4.20. The van der Waals surface area contributed by atoms with Gasteiger partial charge in [0.1, 0.15) is 6.29 Å². The average Bonchev–Trinajstić information content (AvgIpc) is 2.40. The Hall–Kier alpha value is -0.640. The minimum atomic E-state index is -2.80. The predicted molar refractivity (Wildman–Crippen MR) is 53.6 cm³/mol. The van der Waals surface area contributed by atoms with Crippen LogP contribution >= 0.6 is 0 Å². The Morgan fingerprint density at radius 1 is 1.36 bits per heavy atom. The van der Waals surface area contributed by atoms with Gasteiger partial charge >= 0.3 is 0 Å². The van der Waals surface area contributed by atoms with Gasteiger partial charge in [-0.05, 0) is 13.3 Å². The Morgan fingerprint density at radius 3 is 2.64 bits per heavy atom. The van der Waals surface area contributed by atoms with Crippen LogP contribution in [0, 0.1) is 11.8 Å². The van der Waals surface area contributed by atoms with Crippen LogP contribution in [-0.2, 0) is 14.6 Å². The number of fused-ring (bicyclic) bond motifs is 1. The Morgan fingerprint density at radius 2 is 2.00 bits per heavy atom. The van der Waals surface area contributed by atoms with Crippen molar-refractivity contribution in [3.8, 4) is 0 Å². The van der Waals surface area contributed by atoms with Gasteiger partial charge in [-0.15, -0.1) is 0 Å². The van der Waals surface area contributed by atoms with Crippen molar-refractivity contribution in [1.82, 2.24) is 0 Å². The van der Waals surface area contributed by atoms with E-state index >= 15 is 0 Å². The molecule has 0 radical (unpaired) electrons. The Labute approximate surface area is 84.1 Å². The first kappa shape index (κ1) is 9.90. The molecule has 14 heavy (non-hydrogen) atoms. The summed E-state index contributed by atoms with van der Waals surface area (Å²) in [7, 11) is -2.80.